The van der Waals surface area contributed by atoms with Crippen molar-refractivity contribution in [1.29, 1.82) is 0 Å². The minimum atomic E-state index is -0.496. The average molecular weight is 224 g/mol. The molecule has 16 heavy (non-hydrogen) atoms. The fourth-order valence-electron chi connectivity index (χ4n) is 1.31. The molecular formula is C11H13FN2O2. The number of rotatable bonds is 4. The molecule has 1 aromatic rings. The first kappa shape index (κ1) is 12.3. The minimum absolute atomic E-state index is 0.137. The third-order valence-corrected chi connectivity index (χ3v) is 1.93. The number of anilines is 1. The van der Waals surface area contributed by atoms with Crippen LogP contribution in [-0.4, -0.2) is 25.3 Å². The predicted octanol–water partition coefficient (Wildman–Crippen LogP) is 1.19. The Bertz CT molecular complexity index is 418. The van der Waals surface area contributed by atoms with Gasteiger partial charge in [0, 0.05) is 12.5 Å². The molecule has 2 N–H and O–H groups in total. The van der Waals surface area contributed by atoms with Gasteiger partial charge in [-0.05, 0) is 25.2 Å². The van der Waals surface area contributed by atoms with Gasteiger partial charge >= 0.3 is 0 Å². The van der Waals surface area contributed by atoms with E-state index < -0.39 is 5.82 Å². The Kier molecular flexibility index (Phi) is 4.13. The number of hydrogen-bond donors (Lipinski definition) is 2. The highest BCUT2D eigenvalue weighted by Crippen LogP contribution is 2.17. The number of nitrogens with one attached hydrogen (secondary N) is 2. The van der Waals surface area contributed by atoms with Crippen molar-refractivity contribution in [3.63, 3.8) is 0 Å². The lowest BCUT2D eigenvalue weighted by Crippen LogP contribution is -2.20. The van der Waals surface area contributed by atoms with E-state index in [1.54, 1.807) is 7.05 Å². The molecule has 0 unspecified atom stereocenters. The summed E-state index contributed by atoms with van der Waals surface area (Å²) in [4.78, 5) is 22.5. The van der Waals surface area contributed by atoms with Crippen LogP contribution in [0.3, 0.4) is 0 Å². The first-order valence-corrected chi connectivity index (χ1v) is 4.79. The highest BCUT2D eigenvalue weighted by molar-refractivity contribution is 6.05. The molecule has 0 bridgehead atoms. The van der Waals surface area contributed by atoms with E-state index in [-0.39, 0.29) is 23.9 Å². The molecule has 86 valence electrons. The summed E-state index contributed by atoms with van der Waals surface area (Å²) < 4.78 is 13.0. The molecule has 5 heteroatoms. The number of ketones is 1. The van der Waals surface area contributed by atoms with Gasteiger partial charge in [0.2, 0.25) is 5.91 Å². The van der Waals surface area contributed by atoms with Crippen molar-refractivity contribution in [2.24, 2.45) is 0 Å². The van der Waals surface area contributed by atoms with Crippen molar-refractivity contribution < 1.29 is 14.0 Å². The van der Waals surface area contributed by atoms with Crippen molar-refractivity contribution in [2.75, 3.05) is 18.9 Å². The maximum Gasteiger partial charge on any atom is 0.221 e. The normalized spacial score (nSPS) is 9.94. The Morgan fingerprint density at radius 3 is 2.62 bits per heavy atom. The SMILES string of the molecule is CNCC(=O)c1ccc(F)cc1NC(C)=O. The van der Waals surface area contributed by atoms with Crippen LogP contribution in [0.5, 0.6) is 0 Å². The number of halogens is 1. The molecule has 4 nitrogen and oxygen atoms in total. The lowest BCUT2D eigenvalue weighted by molar-refractivity contribution is -0.114. The minimum Gasteiger partial charge on any atom is -0.326 e. The van der Waals surface area contributed by atoms with Gasteiger partial charge in [-0.1, -0.05) is 0 Å². The van der Waals surface area contributed by atoms with Gasteiger partial charge in [0.1, 0.15) is 5.82 Å². The van der Waals surface area contributed by atoms with Gasteiger partial charge in [-0.2, -0.15) is 0 Å². The Morgan fingerprint density at radius 2 is 2.06 bits per heavy atom. The summed E-state index contributed by atoms with van der Waals surface area (Å²) in [5.41, 5.74) is 0.499. The Morgan fingerprint density at radius 1 is 1.38 bits per heavy atom. The molecular weight excluding hydrogens is 211 g/mol. The molecule has 0 aliphatic rings. The van der Waals surface area contributed by atoms with E-state index in [1.807, 2.05) is 0 Å². The summed E-state index contributed by atoms with van der Waals surface area (Å²) in [7, 11) is 1.64. The third kappa shape index (κ3) is 3.13. The van der Waals surface area contributed by atoms with Crippen LogP contribution in [0.15, 0.2) is 18.2 Å². The summed E-state index contributed by atoms with van der Waals surface area (Å²) >= 11 is 0. The summed E-state index contributed by atoms with van der Waals surface area (Å²) in [5.74, 6) is -1.04. The monoisotopic (exact) mass is 224 g/mol. The van der Waals surface area contributed by atoms with Crippen molar-refractivity contribution in [3.05, 3.63) is 29.6 Å². The Hall–Kier alpha value is -1.75. The lowest BCUT2D eigenvalue weighted by Gasteiger charge is -2.08. The lowest BCUT2D eigenvalue weighted by atomic mass is 10.1. The van der Waals surface area contributed by atoms with Gasteiger partial charge in [-0.3, -0.25) is 9.59 Å². The molecule has 0 aromatic heterocycles. The van der Waals surface area contributed by atoms with Crippen molar-refractivity contribution in [2.45, 2.75) is 6.92 Å². The molecule has 0 heterocycles. The van der Waals surface area contributed by atoms with Crippen LogP contribution in [-0.2, 0) is 4.79 Å². The molecule has 1 amide bonds. The molecule has 0 saturated heterocycles. The molecule has 0 fully saturated rings. The quantitative estimate of drug-likeness (QED) is 0.755. The molecule has 0 atom stereocenters. The zero-order valence-corrected chi connectivity index (χ0v) is 9.13. The van der Waals surface area contributed by atoms with Crippen molar-refractivity contribution in [1.82, 2.24) is 5.32 Å². The zero-order valence-electron chi connectivity index (χ0n) is 9.13. The molecule has 0 aliphatic heterocycles. The highest BCUT2D eigenvalue weighted by atomic mass is 19.1. The number of amides is 1. The van der Waals surface area contributed by atoms with Gasteiger partial charge in [0.15, 0.2) is 5.78 Å². The van der Waals surface area contributed by atoms with E-state index in [2.05, 4.69) is 10.6 Å². The first-order valence-electron chi connectivity index (χ1n) is 4.79. The van der Waals surface area contributed by atoms with Crippen LogP contribution in [0.2, 0.25) is 0 Å². The van der Waals surface area contributed by atoms with Crippen LogP contribution in [0, 0.1) is 5.82 Å². The second-order valence-corrected chi connectivity index (χ2v) is 3.32. The summed E-state index contributed by atoms with van der Waals surface area (Å²) in [6.45, 7) is 1.44. The fourth-order valence-corrected chi connectivity index (χ4v) is 1.31. The maximum absolute atomic E-state index is 13.0. The second kappa shape index (κ2) is 5.37. The van der Waals surface area contributed by atoms with E-state index in [0.29, 0.717) is 5.56 Å². The van der Waals surface area contributed by atoms with Crippen molar-refractivity contribution in [3.8, 4) is 0 Å². The van der Waals surface area contributed by atoms with Gasteiger partial charge < -0.3 is 10.6 Å². The van der Waals surface area contributed by atoms with Crippen LogP contribution in [0.4, 0.5) is 10.1 Å². The van der Waals surface area contributed by atoms with E-state index in [0.717, 1.165) is 6.07 Å². The topological polar surface area (TPSA) is 58.2 Å². The number of benzene rings is 1. The Balaban J connectivity index is 3.06. The number of carbonyl (C=O) groups excluding carboxylic acids is 2. The maximum atomic E-state index is 13.0. The number of carbonyl (C=O) groups is 2. The standard InChI is InChI=1S/C11H13FN2O2/c1-7(15)14-10-5-8(12)3-4-9(10)11(16)6-13-2/h3-5,13H,6H2,1-2H3,(H,14,15). The molecule has 0 spiro atoms. The second-order valence-electron chi connectivity index (χ2n) is 3.32. The average Bonchev–Trinajstić information content (AvgIpc) is 2.16. The molecule has 0 radical (unpaired) electrons. The van der Waals surface area contributed by atoms with E-state index in [1.165, 1.54) is 19.1 Å². The highest BCUT2D eigenvalue weighted by Gasteiger charge is 2.12. The molecule has 1 rings (SSSR count). The summed E-state index contributed by atoms with van der Waals surface area (Å²) in [6, 6.07) is 3.68. The third-order valence-electron chi connectivity index (χ3n) is 1.93. The van der Waals surface area contributed by atoms with Gasteiger partial charge in [-0.25, -0.2) is 4.39 Å². The van der Waals surface area contributed by atoms with E-state index >= 15 is 0 Å². The first-order chi connectivity index (χ1) is 7.54. The molecule has 0 saturated carbocycles. The van der Waals surface area contributed by atoms with Crippen LogP contribution in [0.1, 0.15) is 17.3 Å². The van der Waals surface area contributed by atoms with E-state index in [4.69, 9.17) is 0 Å². The fraction of sp³-hybridized carbons (Fsp3) is 0.273. The molecule has 0 aliphatic carbocycles. The predicted molar refractivity (Wildman–Crippen MR) is 59.0 cm³/mol. The van der Waals surface area contributed by atoms with Gasteiger partial charge in [-0.15, -0.1) is 0 Å². The van der Waals surface area contributed by atoms with Crippen molar-refractivity contribution >= 4 is 17.4 Å². The van der Waals surface area contributed by atoms with E-state index in [9.17, 15) is 14.0 Å². The number of likely N-dealkylation sites (N-methyl/N-ethyl adjacent to an activating group) is 1. The van der Waals surface area contributed by atoms with Crippen LogP contribution < -0.4 is 10.6 Å². The number of Topliss-reactive ketones (excluding diaryl/α,β-unsaturated/α-hetero) is 1. The largest absolute Gasteiger partial charge is 0.326 e. The van der Waals surface area contributed by atoms with Crippen LogP contribution >= 0.6 is 0 Å². The molecule has 1 aromatic carbocycles. The zero-order chi connectivity index (χ0) is 12.1. The smallest absolute Gasteiger partial charge is 0.221 e. The summed E-state index contributed by atoms with van der Waals surface area (Å²) in [6.07, 6.45) is 0. The number of hydrogen-bond acceptors (Lipinski definition) is 3. The Labute approximate surface area is 92.8 Å². The van der Waals surface area contributed by atoms with Gasteiger partial charge in [0.25, 0.3) is 0 Å². The summed E-state index contributed by atoms with van der Waals surface area (Å²) in [5, 5.41) is 5.13. The van der Waals surface area contributed by atoms with Crippen LogP contribution in [0.25, 0.3) is 0 Å². The van der Waals surface area contributed by atoms with Gasteiger partial charge in [0.05, 0.1) is 12.2 Å².